The van der Waals surface area contributed by atoms with Crippen LogP contribution in [0, 0.1) is 11.8 Å². The van der Waals surface area contributed by atoms with Crippen LogP contribution in [0.25, 0.3) is 0 Å². The van der Waals surface area contributed by atoms with Crippen LogP contribution in [-0.2, 0) is 25.5 Å². The zero-order valence-electron chi connectivity index (χ0n) is 23.9. The predicted octanol–water partition coefficient (Wildman–Crippen LogP) is 3.63. The van der Waals surface area contributed by atoms with E-state index in [4.69, 9.17) is 16.3 Å². The Kier molecular flexibility index (Phi) is 7.50. The van der Waals surface area contributed by atoms with Crippen LogP contribution in [-0.4, -0.2) is 82.2 Å². The van der Waals surface area contributed by atoms with Gasteiger partial charge >= 0.3 is 0 Å². The number of nitrogens with zero attached hydrogens (tertiary/aromatic N) is 3. The van der Waals surface area contributed by atoms with Crippen molar-refractivity contribution in [3.05, 3.63) is 89.5 Å². The van der Waals surface area contributed by atoms with Gasteiger partial charge in [-0.1, -0.05) is 73.2 Å². The molecule has 6 rings (SSSR count). The zero-order chi connectivity index (χ0) is 29.6. The first-order chi connectivity index (χ1) is 20.2. The second kappa shape index (κ2) is 11.0. The van der Waals surface area contributed by atoms with Gasteiger partial charge in [-0.15, -0.1) is 0 Å². The van der Waals surface area contributed by atoms with Crippen LogP contribution in [0.2, 0.25) is 5.02 Å². The molecule has 1 unspecified atom stereocenters. The Morgan fingerprint density at radius 1 is 0.952 bits per heavy atom. The Balaban J connectivity index is 1.49. The van der Waals surface area contributed by atoms with E-state index in [1.807, 2.05) is 68.5 Å². The summed E-state index contributed by atoms with van der Waals surface area (Å²) >= 11 is 6.15. The summed E-state index contributed by atoms with van der Waals surface area (Å²) in [5.41, 5.74) is -0.920. The van der Waals surface area contributed by atoms with Crippen molar-refractivity contribution in [1.29, 1.82) is 0 Å². The number of halogens is 1. The van der Waals surface area contributed by atoms with Gasteiger partial charge in [-0.05, 0) is 49.6 Å². The van der Waals surface area contributed by atoms with Crippen molar-refractivity contribution in [2.75, 3.05) is 31.1 Å². The van der Waals surface area contributed by atoms with Gasteiger partial charge in [0.05, 0.1) is 30.1 Å². The lowest BCUT2D eigenvalue weighted by atomic mass is 9.74. The molecule has 0 bridgehead atoms. The maximum atomic E-state index is 14.7. The Hall–Kier alpha value is -3.46. The van der Waals surface area contributed by atoms with Crippen molar-refractivity contribution < 1.29 is 24.2 Å². The number of fused-ring (bicyclic) bond motifs is 2. The molecular formula is C33H36ClN3O5. The van der Waals surface area contributed by atoms with Gasteiger partial charge < -0.3 is 24.5 Å². The molecule has 0 radical (unpaired) electrons. The van der Waals surface area contributed by atoms with E-state index in [0.717, 1.165) is 12.0 Å². The van der Waals surface area contributed by atoms with Gasteiger partial charge in [-0.25, -0.2) is 0 Å². The lowest BCUT2D eigenvalue weighted by Crippen LogP contribution is -2.59. The molecule has 6 atom stereocenters. The summed E-state index contributed by atoms with van der Waals surface area (Å²) in [5, 5.41) is 11.2. The largest absolute Gasteiger partial charge is 0.394 e. The van der Waals surface area contributed by atoms with E-state index >= 15 is 0 Å². The third-order valence-corrected chi connectivity index (χ3v) is 9.38. The third kappa shape index (κ3) is 4.48. The molecular weight excluding hydrogens is 554 g/mol. The first kappa shape index (κ1) is 28.6. The Bertz CT molecular complexity index is 1430. The number of rotatable bonds is 7. The van der Waals surface area contributed by atoms with Gasteiger partial charge in [0.1, 0.15) is 11.6 Å². The molecule has 1 N–H and O–H groups in total. The van der Waals surface area contributed by atoms with Crippen molar-refractivity contribution in [1.82, 2.24) is 9.80 Å². The number of carbonyl (C=O) groups excluding carboxylic acids is 3. The zero-order valence-corrected chi connectivity index (χ0v) is 24.6. The van der Waals surface area contributed by atoms with E-state index in [1.54, 1.807) is 34.1 Å². The van der Waals surface area contributed by atoms with Crippen LogP contribution in [0.3, 0.4) is 0 Å². The van der Waals surface area contributed by atoms with Gasteiger partial charge in [-0.3, -0.25) is 14.4 Å². The average molecular weight is 590 g/mol. The molecule has 9 heteroatoms. The lowest BCUT2D eigenvalue weighted by Gasteiger charge is -2.40. The molecule has 220 valence electrons. The third-order valence-electron chi connectivity index (χ3n) is 9.13. The summed E-state index contributed by atoms with van der Waals surface area (Å²) in [7, 11) is 0. The summed E-state index contributed by atoms with van der Waals surface area (Å²) in [4.78, 5) is 48.5. The van der Waals surface area contributed by atoms with Gasteiger partial charge in [-0.2, -0.15) is 0 Å². The standard InChI is InChI=1S/C33H36ClN3O5/c1-3-17-35-18-7-15-32(2)26(29(35)39)27-30(40)37(25(21-38)20-22-9-5-4-6-10-22)28-31(41)36(19-8-16-33(27,28)42-32)24-13-11-23(34)12-14-24/h4-16,25-28,38H,3,17-21H2,1-2H3/t25-,26-,27+,28?,32+,33+/m1/s1. The highest BCUT2D eigenvalue weighted by atomic mass is 35.5. The van der Waals surface area contributed by atoms with Crippen LogP contribution in [0.5, 0.6) is 0 Å². The van der Waals surface area contributed by atoms with Gasteiger partial charge in [0, 0.05) is 30.3 Å². The molecule has 4 aliphatic heterocycles. The second-order valence-corrected chi connectivity index (χ2v) is 12.2. The molecule has 0 aliphatic carbocycles. The number of amides is 3. The number of aliphatic hydroxyl groups excluding tert-OH is 1. The highest BCUT2D eigenvalue weighted by Gasteiger charge is 2.75. The minimum atomic E-state index is -1.39. The quantitative estimate of drug-likeness (QED) is 0.498. The number of anilines is 1. The van der Waals surface area contributed by atoms with Crippen molar-refractivity contribution in [2.24, 2.45) is 11.8 Å². The SMILES string of the molecule is CCCN1CC=C[C@]2(C)O[C@]34C=CCN(c5ccc(Cl)cc5)C(=O)C3N([C@@H](CO)Cc3ccccc3)C(=O)[C@@H]4[C@@H]2C1=O. The maximum Gasteiger partial charge on any atom is 0.253 e. The van der Waals surface area contributed by atoms with Crippen molar-refractivity contribution >= 4 is 35.0 Å². The fraction of sp³-hybridized carbons (Fsp3) is 0.424. The van der Waals surface area contributed by atoms with E-state index in [0.29, 0.717) is 30.2 Å². The van der Waals surface area contributed by atoms with E-state index in [9.17, 15) is 19.5 Å². The second-order valence-electron chi connectivity index (χ2n) is 11.8. The average Bonchev–Trinajstić information content (AvgIpc) is 3.26. The summed E-state index contributed by atoms with van der Waals surface area (Å²) in [6, 6.07) is 14.8. The Labute approximate surface area is 251 Å². The van der Waals surface area contributed by atoms with Gasteiger partial charge in [0.15, 0.2) is 0 Å². The molecule has 0 aromatic heterocycles. The number of carbonyl (C=O) groups is 3. The first-order valence-electron chi connectivity index (χ1n) is 14.6. The lowest BCUT2D eigenvalue weighted by molar-refractivity contribution is -0.151. The molecule has 3 amide bonds. The van der Waals surface area contributed by atoms with Crippen LogP contribution in [0.4, 0.5) is 5.69 Å². The van der Waals surface area contributed by atoms with Crippen molar-refractivity contribution in [3.8, 4) is 0 Å². The molecule has 2 aromatic carbocycles. The van der Waals surface area contributed by atoms with E-state index in [-0.39, 0.29) is 30.9 Å². The van der Waals surface area contributed by atoms with Gasteiger partial charge in [0.25, 0.3) is 5.91 Å². The molecule has 42 heavy (non-hydrogen) atoms. The van der Waals surface area contributed by atoms with Crippen LogP contribution >= 0.6 is 11.6 Å². The minimum Gasteiger partial charge on any atom is -0.394 e. The Morgan fingerprint density at radius 2 is 1.67 bits per heavy atom. The fourth-order valence-corrected chi connectivity index (χ4v) is 7.49. The van der Waals surface area contributed by atoms with Gasteiger partial charge in [0.2, 0.25) is 11.8 Å². The summed E-state index contributed by atoms with van der Waals surface area (Å²) in [5.74, 6) is -2.58. The predicted molar refractivity (Wildman–Crippen MR) is 160 cm³/mol. The van der Waals surface area contributed by atoms with Crippen molar-refractivity contribution in [2.45, 2.75) is 50.0 Å². The van der Waals surface area contributed by atoms with Crippen LogP contribution < -0.4 is 4.90 Å². The first-order valence-corrected chi connectivity index (χ1v) is 15.0. The number of hydrogen-bond acceptors (Lipinski definition) is 5. The van der Waals surface area contributed by atoms with E-state index in [2.05, 4.69) is 0 Å². The molecule has 8 nitrogen and oxygen atoms in total. The molecule has 2 aromatic rings. The monoisotopic (exact) mass is 589 g/mol. The van der Waals surface area contributed by atoms with Crippen LogP contribution in [0.1, 0.15) is 25.8 Å². The topological polar surface area (TPSA) is 90.4 Å². The Morgan fingerprint density at radius 3 is 2.36 bits per heavy atom. The summed E-state index contributed by atoms with van der Waals surface area (Å²) in [6.07, 6.45) is 8.63. The molecule has 1 spiro atoms. The fourth-order valence-electron chi connectivity index (χ4n) is 7.37. The van der Waals surface area contributed by atoms with E-state index < -0.39 is 35.1 Å². The molecule has 4 heterocycles. The normalized spacial score (nSPS) is 31.1. The number of likely N-dealkylation sites (tertiary alicyclic amines) is 1. The molecule has 2 saturated heterocycles. The highest BCUT2D eigenvalue weighted by molar-refractivity contribution is 6.30. The molecule has 0 saturated carbocycles. The summed E-state index contributed by atoms with van der Waals surface area (Å²) < 4.78 is 6.91. The van der Waals surface area contributed by atoms with Crippen LogP contribution in [0.15, 0.2) is 78.9 Å². The molecule has 2 fully saturated rings. The maximum absolute atomic E-state index is 14.7. The number of benzene rings is 2. The number of ether oxygens (including phenoxy) is 1. The highest BCUT2D eigenvalue weighted by Crippen LogP contribution is 2.58. The number of hydrogen-bond donors (Lipinski definition) is 1. The van der Waals surface area contributed by atoms with E-state index in [1.165, 1.54) is 4.90 Å². The minimum absolute atomic E-state index is 0.150. The van der Waals surface area contributed by atoms with Crippen molar-refractivity contribution in [3.63, 3.8) is 0 Å². The number of aliphatic hydroxyl groups is 1. The smallest absolute Gasteiger partial charge is 0.253 e. The summed E-state index contributed by atoms with van der Waals surface area (Å²) in [6.45, 7) is 4.76. The molecule has 4 aliphatic rings.